The Bertz CT molecular complexity index is 278. The Balaban J connectivity index is 3.03. The lowest BCUT2D eigenvalue weighted by molar-refractivity contribution is 0.426. The Labute approximate surface area is 71.2 Å². The minimum atomic E-state index is -1.50. The van der Waals surface area contributed by atoms with Crippen molar-refractivity contribution < 1.29 is 10.0 Å². The largest absolute Gasteiger partial charge is 0.490 e. The fourth-order valence-electron chi connectivity index (χ4n) is 0.965. The molecule has 0 spiro atoms. The van der Waals surface area contributed by atoms with Crippen molar-refractivity contribution in [2.75, 3.05) is 18.1 Å². The van der Waals surface area contributed by atoms with Crippen LogP contribution in [0.4, 0.5) is 11.4 Å². The topological polar surface area (TPSA) is 78.5 Å². The minimum absolute atomic E-state index is 0.328. The first-order valence-electron chi connectivity index (χ1n) is 3.58. The summed E-state index contributed by atoms with van der Waals surface area (Å²) in [5, 5.41) is 20.5. The van der Waals surface area contributed by atoms with Crippen LogP contribution in [-0.4, -0.2) is 24.2 Å². The van der Waals surface area contributed by atoms with Gasteiger partial charge in [-0.25, -0.2) is 0 Å². The Kier molecular flexibility index (Phi) is 2.57. The van der Waals surface area contributed by atoms with Crippen molar-refractivity contribution in [3.05, 3.63) is 18.2 Å². The Hall–Kier alpha value is -1.20. The maximum atomic E-state index is 8.82. The van der Waals surface area contributed by atoms with Crippen molar-refractivity contribution in [3.63, 3.8) is 0 Å². The Morgan fingerprint density at radius 2 is 2.08 bits per heavy atom. The van der Waals surface area contributed by atoms with Gasteiger partial charge in [0.2, 0.25) is 0 Å². The lowest BCUT2D eigenvalue weighted by Crippen LogP contribution is -2.32. The minimum Gasteiger partial charge on any atom is -0.423 e. The van der Waals surface area contributed by atoms with Crippen LogP contribution in [-0.2, 0) is 0 Å². The van der Waals surface area contributed by atoms with Crippen LogP contribution in [0.15, 0.2) is 18.2 Å². The first kappa shape index (κ1) is 8.90. The van der Waals surface area contributed by atoms with Crippen molar-refractivity contribution in [2.24, 2.45) is 0 Å². The number of anilines is 2. The van der Waals surface area contributed by atoms with Gasteiger partial charge in [0.05, 0.1) is 0 Å². The summed E-state index contributed by atoms with van der Waals surface area (Å²) < 4.78 is 0. The third-order valence-electron chi connectivity index (χ3n) is 1.65. The molecular weight excluding hydrogens is 155 g/mol. The number of benzene rings is 1. The molecule has 0 heterocycles. The number of rotatable bonds is 2. The van der Waals surface area contributed by atoms with Crippen molar-refractivity contribution in [1.82, 2.24) is 0 Å². The molecule has 1 aromatic carbocycles. The van der Waals surface area contributed by atoms with Gasteiger partial charge in [0.15, 0.2) is 0 Å². The zero-order valence-corrected chi connectivity index (χ0v) is 6.78. The van der Waals surface area contributed by atoms with Crippen LogP contribution in [0.25, 0.3) is 0 Å². The second-order valence-corrected chi connectivity index (χ2v) is 2.47. The van der Waals surface area contributed by atoms with Gasteiger partial charge in [-0.2, -0.15) is 0 Å². The van der Waals surface area contributed by atoms with Gasteiger partial charge in [-0.15, -0.1) is 0 Å². The normalized spacial score (nSPS) is 9.58. The summed E-state index contributed by atoms with van der Waals surface area (Å²) in [5.74, 6) is 0. The van der Waals surface area contributed by atoms with Crippen LogP contribution in [0.5, 0.6) is 0 Å². The molecule has 0 unspecified atom stereocenters. The second kappa shape index (κ2) is 3.47. The molecule has 1 rings (SSSR count). The highest BCUT2D eigenvalue weighted by atomic mass is 16.4. The van der Waals surface area contributed by atoms with E-state index in [-0.39, 0.29) is 0 Å². The second-order valence-electron chi connectivity index (χ2n) is 2.47. The summed E-state index contributed by atoms with van der Waals surface area (Å²) in [5.41, 5.74) is 7.08. The Morgan fingerprint density at radius 3 is 2.50 bits per heavy atom. The number of nitrogen functional groups attached to an aromatic ring is 1. The molecule has 64 valence electrons. The van der Waals surface area contributed by atoms with Crippen LogP contribution < -0.4 is 16.5 Å². The van der Waals surface area contributed by atoms with Gasteiger partial charge in [0.1, 0.15) is 0 Å². The SMILES string of the molecule is CNc1ccc(B(O)O)c(N)c1. The Morgan fingerprint density at radius 1 is 1.42 bits per heavy atom. The van der Waals surface area contributed by atoms with Crippen LogP contribution in [0.2, 0.25) is 0 Å². The summed E-state index contributed by atoms with van der Waals surface area (Å²) in [4.78, 5) is 0. The van der Waals surface area contributed by atoms with Gasteiger partial charge in [-0.05, 0) is 12.1 Å². The molecule has 1 aromatic rings. The molecule has 0 bridgehead atoms. The molecule has 0 saturated carbocycles. The van der Waals surface area contributed by atoms with E-state index in [1.165, 1.54) is 0 Å². The molecule has 0 atom stereocenters. The van der Waals surface area contributed by atoms with E-state index >= 15 is 0 Å². The van der Waals surface area contributed by atoms with E-state index in [1.807, 2.05) is 0 Å². The lowest BCUT2D eigenvalue weighted by Gasteiger charge is -2.06. The first-order chi connectivity index (χ1) is 5.65. The molecule has 0 aliphatic carbocycles. The van der Waals surface area contributed by atoms with Gasteiger partial charge in [0, 0.05) is 23.9 Å². The van der Waals surface area contributed by atoms with E-state index in [0.717, 1.165) is 5.69 Å². The van der Waals surface area contributed by atoms with E-state index < -0.39 is 7.12 Å². The highest BCUT2D eigenvalue weighted by molar-refractivity contribution is 6.60. The van der Waals surface area contributed by atoms with E-state index in [0.29, 0.717) is 11.2 Å². The van der Waals surface area contributed by atoms with E-state index in [9.17, 15) is 0 Å². The van der Waals surface area contributed by atoms with Gasteiger partial charge in [0.25, 0.3) is 0 Å². The van der Waals surface area contributed by atoms with Crippen molar-refractivity contribution in [3.8, 4) is 0 Å². The van der Waals surface area contributed by atoms with E-state index in [2.05, 4.69) is 5.32 Å². The molecule has 0 radical (unpaired) electrons. The molecular formula is C7H11BN2O2. The lowest BCUT2D eigenvalue weighted by atomic mass is 9.79. The third-order valence-corrected chi connectivity index (χ3v) is 1.65. The molecule has 4 nitrogen and oxygen atoms in total. The van der Waals surface area contributed by atoms with Crippen LogP contribution in [0.1, 0.15) is 0 Å². The first-order valence-corrected chi connectivity index (χ1v) is 3.58. The summed E-state index contributed by atoms with van der Waals surface area (Å²) in [6.45, 7) is 0. The fourth-order valence-corrected chi connectivity index (χ4v) is 0.965. The predicted molar refractivity (Wildman–Crippen MR) is 50.2 cm³/mol. The molecule has 0 amide bonds. The van der Waals surface area contributed by atoms with Gasteiger partial charge < -0.3 is 21.1 Å². The average Bonchev–Trinajstić information content (AvgIpc) is 2.03. The molecule has 0 saturated heterocycles. The quantitative estimate of drug-likeness (QED) is 0.335. The molecule has 0 aliphatic heterocycles. The van der Waals surface area contributed by atoms with Crippen LogP contribution in [0, 0.1) is 0 Å². The summed E-state index contributed by atoms with van der Waals surface area (Å²) >= 11 is 0. The average molecular weight is 166 g/mol. The molecule has 0 fully saturated rings. The number of nitrogens with one attached hydrogen (secondary N) is 1. The number of nitrogens with two attached hydrogens (primary N) is 1. The fraction of sp³-hybridized carbons (Fsp3) is 0.143. The third kappa shape index (κ3) is 1.69. The zero-order valence-electron chi connectivity index (χ0n) is 6.78. The maximum absolute atomic E-state index is 8.82. The summed E-state index contributed by atoms with van der Waals surface area (Å²) in [6.07, 6.45) is 0. The van der Waals surface area contributed by atoms with Crippen molar-refractivity contribution >= 4 is 24.0 Å². The van der Waals surface area contributed by atoms with Gasteiger partial charge >= 0.3 is 7.12 Å². The summed E-state index contributed by atoms with van der Waals surface area (Å²) in [6, 6.07) is 4.95. The molecule has 0 aromatic heterocycles. The number of hydrogen-bond acceptors (Lipinski definition) is 4. The molecule has 0 aliphatic rings. The highest BCUT2D eigenvalue weighted by Gasteiger charge is 2.13. The van der Waals surface area contributed by atoms with Crippen LogP contribution in [0.3, 0.4) is 0 Å². The summed E-state index contributed by atoms with van der Waals surface area (Å²) in [7, 11) is 0.264. The predicted octanol–water partition coefficient (Wildman–Crippen LogP) is -1.01. The smallest absolute Gasteiger partial charge is 0.423 e. The van der Waals surface area contributed by atoms with E-state index in [4.69, 9.17) is 15.8 Å². The highest BCUT2D eigenvalue weighted by Crippen LogP contribution is 2.09. The molecule has 5 heteroatoms. The standard InChI is InChI=1S/C7H11BN2O2/c1-10-5-2-3-6(8(11)12)7(9)4-5/h2-4,10-12H,9H2,1H3. The monoisotopic (exact) mass is 166 g/mol. The maximum Gasteiger partial charge on any atom is 0.490 e. The molecule has 5 N–H and O–H groups in total. The zero-order chi connectivity index (χ0) is 9.14. The van der Waals surface area contributed by atoms with Crippen molar-refractivity contribution in [1.29, 1.82) is 0 Å². The van der Waals surface area contributed by atoms with E-state index in [1.54, 1.807) is 25.2 Å². The van der Waals surface area contributed by atoms with Gasteiger partial charge in [-0.3, -0.25) is 0 Å². The van der Waals surface area contributed by atoms with Gasteiger partial charge in [-0.1, -0.05) is 6.07 Å². The molecule has 12 heavy (non-hydrogen) atoms. The van der Waals surface area contributed by atoms with Crippen molar-refractivity contribution in [2.45, 2.75) is 0 Å². The number of hydrogen-bond donors (Lipinski definition) is 4. The van der Waals surface area contributed by atoms with Crippen LogP contribution >= 0.6 is 0 Å².